The second-order valence-corrected chi connectivity index (χ2v) is 4.92. The summed E-state index contributed by atoms with van der Waals surface area (Å²) >= 11 is 0. The van der Waals surface area contributed by atoms with E-state index in [9.17, 15) is 14.4 Å². The number of anilines is 1. The number of rotatable bonds is 4. The monoisotopic (exact) mass is 275 g/mol. The molecule has 0 unspecified atom stereocenters. The summed E-state index contributed by atoms with van der Waals surface area (Å²) in [5, 5.41) is 5.25. The lowest BCUT2D eigenvalue weighted by molar-refractivity contribution is -0.133. The molecule has 0 saturated carbocycles. The van der Waals surface area contributed by atoms with E-state index in [4.69, 9.17) is 0 Å². The van der Waals surface area contributed by atoms with Crippen molar-refractivity contribution in [3.05, 3.63) is 30.3 Å². The normalized spacial score (nSPS) is 21.8. The summed E-state index contributed by atoms with van der Waals surface area (Å²) in [6.45, 7) is 3.18. The number of hydrogen-bond donors (Lipinski definition) is 2. The van der Waals surface area contributed by atoms with E-state index in [0.29, 0.717) is 12.1 Å². The van der Waals surface area contributed by atoms with Crippen LogP contribution in [0.1, 0.15) is 20.3 Å². The van der Waals surface area contributed by atoms with Gasteiger partial charge in [0.15, 0.2) is 0 Å². The van der Waals surface area contributed by atoms with Crippen LogP contribution in [0.15, 0.2) is 30.3 Å². The Morgan fingerprint density at radius 3 is 2.50 bits per heavy atom. The summed E-state index contributed by atoms with van der Waals surface area (Å²) in [5.74, 6) is -0.770. The fourth-order valence-corrected chi connectivity index (χ4v) is 2.00. The molecule has 1 aromatic carbocycles. The molecule has 0 spiro atoms. The van der Waals surface area contributed by atoms with Gasteiger partial charge in [0.2, 0.25) is 5.91 Å². The molecular formula is C14H17N3O3. The highest BCUT2D eigenvalue weighted by molar-refractivity contribution is 6.09. The van der Waals surface area contributed by atoms with Gasteiger partial charge >= 0.3 is 6.03 Å². The average Bonchev–Trinajstić information content (AvgIpc) is 2.64. The maximum atomic E-state index is 12.1. The third kappa shape index (κ3) is 2.64. The maximum absolute atomic E-state index is 12.1. The Kier molecular flexibility index (Phi) is 3.74. The summed E-state index contributed by atoms with van der Waals surface area (Å²) in [7, 11) is 0. The third-order valence-corrected chi connectivity index (χ3v) is 3.41. The molecule has 1 fully saturated rings. The summed E-state index contributed by atoms with van der Waals surface area (Å²) in [4.78, 5) is 36.7. The van der Waals surface area contributed by atoms with Gasteiger partial charge in [-0.25, -0.2) is 4.79 Å². The lowest BCUT2D eigenvalue weighted by Crippen LogP contribution is -2.44. The maximum Gasteiger partial charge on any atom is 0.325 e. The lowest BCUT2D eigenvalue weighted by atomic mass is 9.99. The Morgan fingerprint density at radius 2 is 1.95 bits per heavy atom. The number of urea groups is 1. The molecule has 2 rings (SSSR count). The van der Waals surface area contributed by atoms with Crippen molar-refractivity contribution in [1.82, 2.24) is 10.2 Å². The van der Waals surface area contributed by atoms with E-state index >= 15 is 0 Å². The fraction of sp³-hybridized carbons (Fsp3) is 0.357. The number of amides is 4. The van der Waals surface area contributed by atoms with Gasteiger partial charge in [-0.05, 0) is 25.5 Å². The van der Waals surface area contributed by atoms with Crippen molar-refractivity contribution in [2.24, 2.45) is 0 Å². The third-order valence-electron chi connectivity index (χ3n) is 3.41. The molecule has 20 heavy (non-hydrogen) atoms. The Morgan fingerprint density at radius 1 is 1.30 bits per heavy atom. The number of carbonyl (C=O) groups is 3. The van der Waals surface area contributed by atoms with E-state index in [1.807, 2.05) is 13.0 Å². The summed E-state index contributed by atoms with van der Waals surface area (Å²) in [6, 6.07) is 8.36. The van der Waals surface area contributed by atoms with Crippen LogP contribution in [-0.2, 0) is 9.59 Å². The highest BCUT2D eigenvalue weighted by Crippen LogP contribution is 2.20. The molecule has 1 aliphatic heterocycles. The molecule has 0 radical (unpaired) electrons. The van der Waals surface area contributed by atoms with Gasteiger partial charge < -0.3 is 10.6 Å². The van der Waals surface area contributed by atoms with Crippen LogP contribution in [0, 0.1) is 0 Å². The first-order valence-electron chi connectivity index (χ1n) is 6.45. The highest BCUT2D eigenvalue weighted by Gasteiger charge is 2.46. The number of nitrogens with one attached hydrogen (secondary N) is 2. The van der Waals surface area contributed by atoms with Gasteiger partial charge in [0.1, 0.15) is 12.1 Å². The zero-order chi connectivity index (χ0) is 14.8. The van der Waals surface area contributed by atoms with E-state index < -0.39 is 17.5 Å². The highest BCUT2D eigenvalue weighted by atomic mass is 16.2. The van der Waals surface area contributed by atoms with E-state index in [1.165, 1.54) is 0 Å². The van der Waals surface area contributed by atoms with Crippen LogP contribution in [0.4, 0.5) is 10.5 Å². The van der Waals surface area contributed by atoms with Crippen molar-refractivity contribution in [2.45, 2.75) is 25.8 Å². The SMILES string of the molecule is CC[C@@]1(C)NC(=O)N(CC(=O)Nc2ccccc2)C1=O. The number of nitrogens with zero attached hydrogens (tertiary/aromatic N) is 1. The molecule has 1 aromatic rings. The molecule has 1 saturated heterocycles. The molecule has 1 aliphatic rings. The minimum absolute atomic E-state index is 0.283. The van der Waals surface area contributed by atoms with Crippen molar-refractivity contribution < 1.29 is 14.4 Å². The number of carbonyl (C=O) groups excluding carboxylic acids is 3. The molecule has 1 heterocycles. The molecule has 106 valence electrons. The Bertz CT molecular complexity index is 544. The van der Waals surface area contributed by atoms with Gasteiger partial charge in [0, 0.05) is 5.69 Å². The van der Waals surface area contributed by atoms with Crippen LogP contribution in [0.2, 0.25) is 0 Å². The van der Waals surface area contributed by atoms with E-state index in [-0.39, 0.29) is 12.5 Å². The van der Waals surface area contributed by atoms with Crippen molar-refractivity contribution in [1.29, 1.82) is 0 Å². The smallest absolute Gasteiger partial charge is 0.325 e. The van der Waals surface area contributed by atoms with Gasteiger partial charge in [0.25, 0.3) is 5.91 Å². The molecule has 0 aliphatic carbocycles. The van der Waals surface area contributed by atoms with Gasteiger partial charge in [-0.15, -0.1) is 0 Å². The van der Waals surface area contributed by atoms with E-state index in [1.54, 1.807) is 31.2 Å². The molecule has 2 N–H and O–H groups in total. The first kappa shape index (κ1) is 14.0. The number of hydrogen-bond acceptors (Lipinski definition) is 3. The van der Waals surface area contributed by atoms with E-state index in [2.05, 4.69) is 10.6 Å². The van der Waals surface area contributed by atoms with Crippen molar-refractivity contribution >= 4 is 23.5 Å². The Labute approximate surface area is 117 Å². The van der Waals surface area contributed by atoms with Crippen molar-refractivity contribution in [2.75, 3.05) is 11.9 Å². The number of para-hydroxylation sites is 1. The Balaban J connectivity index is 2.02. The minimum atomic E-state index is -0.913. The predicted octanol–water partition coefficient (Wildman–Crippen LogP) is 1.35. The lowest BCUT2D eigenvalue weighted by Gasteiger charge is -2.19. The Hall–Kier alpha value is -2.37. The van der Waals surface area contributed by atoms with Crippen LogP contribution in [0.3, 0.4) is 0 Å². The van der Waals surface area contributed by atoms with Crippen LogP contribution in [0.5, 0.6) is 0 Å². The molecule has 0 bridgehead atoms. The summed E-state index contributed by atoms with van der Waals surface area (Å²) in [6.07, 6.45) is 0.481. The van der Waals surface area contributed by atoms with Crippen LogP contribution < -0.4 is 10.6 Å². The van der Waals surface area contributed by atoms with Gasteiger partial charge in [-0.3, -0.25) is 14.5 Å². The molecule has 1 atom stereocenters. The predicted molar refractivity (Wildman–Crippen MR) is 74.0 cm³/mol. The molecule has 6 heteroatoms. The van der Waals surface area contributed by atoms with Crippen molar-refractivity contribution in [3.63, 3.8) is 0 Å². The molecule has 4 amide bonds. The van der Waals surface area contributed by atoms with Crippen LogP contribution in [0.25, 0.3) is 0 Å². The first-order chi connectivity index (χ1) is 9.46. The zero-order valence-electron chi connectivity index (χ0n) is 11.5. The van der Waals surface area contributed by atoms with E-state index in [0.717, 1.165) is 4.90 Å². The summed E-state index contributed by atoms with van der Waals surface area (Å²) in [5.41, 5.74) is -0.285. The largest absolute Gasteiger partial charge is 0.325 e. The van der Waals surface area contributed by atoms with Gasteiger partial charge in [0.05, 0.1) is 0 Å². The summed E-state index contributed by atoms with van der Waals surface area (Å²) < 4.78 is 0. The topological polar surface area (TPSA) is 78.5 Å². The fourth-order valence-electron chi connectivity index (χ4n) is 2.00. The molecule has 6 nitrogen and oxygen atoms in total. The van der Waals surface area contributed by atoms with Crippen molar-refractivity contribution in [3.8, 4) is 0 Å². The van der Waals surface area contributed by atoms with Gasteiger partial charge in [-0.1, -0.05) is 25.1 Å². The van der Waals surface area contributed by atoms with Crippen LogP contribution >= 0.6 is 0 Å². The second-order valence-electron chi connectivity index (χ2n) is 4.92. The average molecular weight is 275 g/mol. The standard InChI is InChI=1S/C14H17N3O3/c1-3-14(2)12(19)17(13(20)16-14)9-11(18)15-10-7-5-4-6-8-10/h4-8H,3,9H2,1-2H3,(H,15,18)(H,16,20)/t14-/m1/s1. The zero-order valence-corrected chi connectivity index (χ0v) is 11.5. The van der Waals surface area contributed by atoms with Crippen LogP contribution in [-0.4, -0.2) is 34.8 Å². The minimum Gasteiger partial charge on any atom is -0.325 e. The second kappa shape index (κ2) is 5.32. The number of imide groups is 1. The molecular weight excluding hydrogens is 258 g/mol. The first-order valence-corrected chi connectivity index (χ1v) is 6.45. The van der Waals surface area contributed by atoms with Gasteiger partial charge in [-0.2, -0.15) is 0 Å². The quantitative estimate of drug-likeness (QED) is 0.814. The molecule has 0 aromatic heterocycles. The number of benzene rings is 1.